The van der Waals surface area contributed by atoms with Crippen LogP contribution in [0, 0.1) is 35.1 Å². The highest BCUT2D eigenvalue weighted by Crippen LogP contribution is 2.21. The fourth-order valence-electron chi connectivity index (χ4n) is 3.82. The maximum atomic E-state index is 14.3. The number of nitrogens with two attached hydrogens (primary N) is 1. The van der Waals surface area contributed by atoms with Gasteiger partial charge in [-0.3, -0.25) is 15.0 Å². The van der Waals surface area contributed by atoms with Crippen molar-refractivity contribution in [3.05, 3.63) is 105 Å². The largest absolute Gasteiger partial charge is 0.338 e. The van der Waals surface area contributed by atoms with E-state index in [-0.39, 0.29) is 31.9 Å². The van der Waals surface area contributed by atoms with Gasteiger partial charge in [0.1, 0.15) is 0 Å². The van der Waals surface area contributed by atoms with E-state index in [0.717, 1.165) is 4.90 Å². The molecule has 3 N–H and O–H groups in total. The van der Waals surface area contributed by atoms with Crippen molar-refractivity contribution in [3.63, 3.8) is 0 Å². The van der Waals surface area contributed by atoms with Gasteiger partial charge in [0.05, 0.1) is 22.2 Å². The summed E-state index contributed by atoms with van der Waals surface area (Å²) in [6.45, 7) is 0.136. The van der Waals surface area contributed by atoms with Crippen molar-refractivity contribution in [2.24, 2.45) is 5.73 Å². The molecule has 40 heavy (non-hydrogen) atoms. The lowest BCUT2D eigenvalue weighted by Crippen LogP contribution is -2.34. The summed E-state index contributed by atoms with van der Waals surface area (Å²) < 4.78 is 56.3. The second-order valence-electron chi connectivity index (χ2n) is 8.55. The molecule has 0 bridgehead atoms. The number of amides is 1. The molecule has 0 atom stereocenters. The quantitative estimate of drug-likeness (QED) is 0.138. The minimum atomic E-state index is -2.08. The van der Waals surface area contributed by atoms with E-state index in [4.69, 9.17) is 17.3 Å². The third kappa shape index (κ3) is 6.25. The molecule has 0 saturated carbocycles. The van der Waals surface area contributed by atoms with Crippen LogP contribution in [-0.4, -0.2) is 40.1 Å². The van der Waals surface area contributed by atoms with Gasteiger partial charge in [-0.15, -0.1) is 0 Å². The van der Waals surface area contributed by atoms with E-state index in [1.807, 2.05) is 6.07 Å². The molecule has 0 aliphatic heterocycles. The zero-order valence-electron chi connectivity index (χ0n) is 20.9. The van der Waals surface area contributed by atoms with Crippen LogP contribution in [0.5, 0.6) is 0 Å². The number of hydrogen-bond donors (Lipinski definition) is 2. The van der Waals surface area contributed by atoms with E-state index in [1.165, 1.54) is 10.7 Å². The number of aromatic nitrogens is 2. The predicted molar refractivity (Wildman–Crippen MR) is 144 cm³/mol. The number of para-hydroxylation sites is 1. The van der Waals surface area contributed by atoms with Crippen LogP contribution in [0.3, 0.4) is 0 Å². The molecule has 12 heteroatoms. The molecule has 3 aromatic carbocycles. The number of hydrogen-bond acceptors (Lipinski definition) is 5. The minimum Gasteiger partial charge on any atom is -0.338 e. The Hall–Kier alpha value is -4.40. The van der Waals surface area contributed by atoms with Crippen molar-refractivity contribution in [1.82, 2.24) is 14.6 Å². The Morgan fingerprint density at radius 1 is 1.02 bits per heavy atom. The molecule has 206 valence electrons. The summed E-state index contributed by atoms with van der Waals surface area (Å²) in [5, 5.41) is 0.680. The molecule has 0 radical (unpaired) electrons. The highest BCUT2D eigenvalue weighted by atomic mass is 35.5. The molecule has 0 saturated heterocycles. The van der Waals surface area contributed by atoms with Gasteiger partial charge in [0, 0.05) is 24.5 Å². The first-order valence-electron chi connectivity index (χ1n) is 12.1. The molecule has 0 aliphatic carbocycles. The van der Waals surface area contributed by atoms with Crippen LogP contribution in [0.1, 0.15) is 29.0 Å². The molecule has 1 amide bonds. The van der Waals surface area contributed by atoms with Crippen LogP contribution in [0.25, 0.3) is 10.9 Å². The highest BCUT2D eigenvalue weighted by Gasteiger charge is 2.26. The lowest BCUT2D eigenvalue weighted by Gasteiger charge is -2.22. The fraction of sp³-hybridized carbons (Fsp3) is 0.179. The van der Waals surface area contributed by atoms with Gasteiger partial charge in [-0.1, -0.05) is 35.7 Å². The van der Waals surface area contributed by atoms with E-state index < -0.39 is 40.3 Å². The fourth-order valence-corrected chi connectivity index (χ4v) is 3.98. The Kier molecular flexibility index (Phi) is 9.04. The third-order valence-corrected chi connectivity index (χ3v) is 6.04. The molecule has 0 unspecified atom stereocenters. The summed E-state index contributed by atoms with van der Waals surface area (Å²) >= 11 is 6.07. The van der Waals surface area contributed by atoms with E-state index in [1.54, 1.807) is 36.4 Å². The molecule has 7 nitrogen and oxygen atoms in total. The lowest BCUT2D eigenvalue weighted by molar-refractivity contribution is 0.0751. The average molecular weight is 572 g/mol. The molecule has 0 aliphatic rings. The third-order valence-electron chi connectivity index (χ3n) is 5.81. The van der Waals surface area contributed by atoms with Gasteiger partial charge < -0.3 is 10.6 Å². The van der Waals surface area contributed by atoms with Crippen molar-refractivity contribution >= 4 is 34.1 Å². The van der Waals surface area contributed by atoms with Crippen LogP contribution >= 0.6 is 11.6 Å². The number of carbonyl (C=O) groups excluding carboxylic acids is 1. The van der Waals surface area contributed by atoms with Crippen LogP contribution in [0.2, 0.25) is 5.02 Å². The summed E-state index contributed by atoms with van der Waals surface area (Å²) in [6, 6.07) is 13.8. The molecular formula is C28H22ClF4N5O2. The SMILES string of the molecule is NCCCN(CCC#Cc1nc2cc(Cl)ccc2c(=O)n1Nc1ccccc1)C(=O)c1cc(F)c(F)c(F)c1F. The molecule has 0 spiro atoms. The number of fused-ring (bicyclic) bond motifs is 1. The van der Waals surface area contributed by atoms with Crippen molar-refractivity contribution in [1.29, 1.82) is 0 Å². The first kappa shape index (κ1) is 28.6. The smallest absolute Gasteiger partial charge is 0.281 e. The predicted octanol–water partition coefficient (Wildman–Crippen LogP) is 4.71. The van der Waals surface area contributed by atoms with Gasteiger partial charge in [0.25, 0.3) is 11.5 Å². The Balaban J connectivity index is 1.64. The zero-order chi connectivity index (χ0) is 28.8. The van der Waals surface area contributed by atoms with E-state index >= 15 is 0 Å². The zero-order valence-corrected chi connectivity index (χ0v) is 21.6. The van der Waals surface area contributed by atoms with E-state index in [2.05, 4.69) is 22.3 Å². The van der Waals surface area contributed by atoms with Gasteiger partial charge in [0.2, 0.25) is 5.82 Å². The van der Waals surface area contributed by atoms with Gasteiger partial charge in [-0.05, 0) is 55.3 Å². The first-order valence-corrected chi connectivity index (χ1v) is 12.4. The van der Waals surface area contributed by atoms with Crippen molar-refractivity contribution in [2.75, 3.05) is 25.1 Å². The topological polar surface area (TPSA) is 93.2 Å². The molecule has 1 heterocycles. The molecule has 4 aromatic rings. The standard InChI is InChI=1S/C28H22ClF4N5O2/c29-17-10-11-19-22(15-17)35-23(38(28(19)40)36-18-7-2-1-3-8-18)9-4-5-13-37(14-6-12-34)27(39)20-16-21(30)25(32)26(33)24(20)31/h1-3,7-8,10-11,15-16,36H,5-6,12-14,34H2. The summed E-state index contributed by atoms with van der Waals surface area (Å²) in [5.41, 5.74) is 8.05. The number of carbonyl (C=O) groups is 1. The Labute approximate surface area is 231 Å². The monoisotopic (exact) mass is 571 g/mol. The van der Waals surface area contributed by atoms with E-state index in [9.17, 15) is 27.2 Å². The van der Waals surface area contributed by atoms with E-state index in [0.29, 0.717) is 34.1 Å². The first-order chi connectivity index (χ1) is 19.2. The number of rotatable bonds is 8. The number of nitrogens with zero attached hydrogens (tertiary/aromatic N) is 3. The maximum Gasteiger partial charge on any atom is 0.281 e. The van der Waals surface area contributed by atoms with Gasteiger partial charge >= 0.3 is 0 Å². The normalized spacial score (nSPS) is 10.8. The lowest BCUT2D eigenvalue weighted by atomic mass is 10.1. The summed E-state index contributed by atoms with van der Waals surface area (Å²) in [4.78, 5) is 31.7. The van der Waals surface area contributed by atoms with Gasteiger partial charge in [0.15, 0.2) is 23.3 Å². The Morgan fingerprint density at radius 2 is 1.77 bits per heavy atom. The van der Waals surface area contributed by atoms with Crippen LogP contribution in [0.4, 0.5) is 23.2 Å². The van der Waals surface area contributed by atoms with Crippen LogP contribution < -0.4 is 16.7 Å². The average Bonchev–Trinajstić information content (AvgIpc) is 2.95. The minimum absolute atomic E-state index is 0.0128. The van der Waals surface area contributed by atoms with Crippen LogP contribution in [-0.2, 0) is 0 Å². The highest BCUT2D eigenvalue weighted by molar-refractivity contribution is 6.31. The maximum absolute atomic E-state index is 14.3. The van der Waals surface area contributed by atoms with Gasteiger partial charge in [-0.25, -0.2) is 22.5 Å². The Bertz CT molecular complexity index is 1690. The summed E-state index contributed by atoms with van der Waals surface area (Å²) in [7, 11) is 0. The second-order valence-corrected chi connectivity index (χ2v) is 8.99. The molecule has 0 fully saturated rings. The number of anilines is 1. The number of benzene rings is 3. The van der Waals surface area contributed by atoms with Crippen molar-refractivity contribution in [3.8, 4) is 11.8 Å². The summed E-state index contributed by atoms with van der Waals surface area (Å²) in [5.74, 6) is -2.93. The Morgan fingerprint density at radius 3 is 2.50 bits per heavy atom. The van der Waals surface area contributed by atoms with Crippen LogP contribution in [0.15, 0.2) is 59.4 Å². The summed E-state index contributed by atoms with van der Waals surface area (Å²) in [6.07, 6.45) is 0.319. The van der Waals surface area contributed by atoms with Gasteiger partial charge in [-0.2, -0.15) is 4.68 Å². The van der Waals surface area contributed by atoms with Crippen molar-refractivity contribution in [2.45, 2.75) is 12.8 Å². The number of nitrogens with one attached hydrogen (secondary N) is 1. The molecular weight excluding hydrogens is 550 g/mol. The molecule has 1 aromatic heterocycles. The molecule has 4 rings (SSSR count). The second kappa shape index (κ2) is 12.6. The number of halogens is 5. The van der Waals surface area contributed by atoms with Crippen molar-refractivity contribution < 1.29 is 22.4 Å².